The third kappa shape index (κ3) is 8.87. The number of phenols is 2. The minimum Gasteiger partial charge on any atom is -0.508 e. The Bertz CT molecular complexity index is 898. The van der Waals surface area contributed by atoms with Crippen molar-refractivity contribution in [1.82, 2.24) is 0 Å². The SMILES string of the molecule is CC=C(C)CCC=C(C)CCC=C(C)CCC(=C(C)C(=O)O)c1cc(O)cc(C)c1O. The monoisotopic (exact) mass is 426 g/mol. The molecule has 0 aromatic heterocycles. The highest BCUT2D eigenvalue weighted by Gasteiger charge is 2.17. The van der Waals surface area contributed by atoms with E-state index in [0.29, 0.717) is 29.5 Å². The van der Waals surface area contributed by atoms with Crippen LogP contribution in [-0.2, 0) is 4.79 Å². The number of benzene rings is 1. The van der Waals surface area contributed by atoms with Crippen molar-refractivity contribution in [3.8, 4) is 11.5 Å². The number of phenolic OH excluding ortho intramolecular Hbond substituents is 2. The average Bonchev–Trinajstić information content (AvgIpc) is 2.70. The van der Waals surface area contributed by atoms with Crippen LogP contribution in [0.2, 0.25) is 0 Å². The Labute approximate surface area is 187 Å². The van der Waals surface area contributed by atoms with Crippen LogP contribution in [0.5, 0.6) is 11.5 Å². The van der Waals surface area contributed by atoms with Crippen LogP contribution in [0.4, 0.5) is 0 Å². The van der Waals surface area contributed by atoms with E-state index >= 15 is 0 Å². The largest absolute Gasteiger partial charge is 0.508 e. The molecule has 0 unspecified atom stereocenters. The molecule has 0 saturated heterocycles. The van der Waals surface area contributed by atoms with E-state index in [9.17, 15) is 20.1 Å². The molecule has 1 aromatic rings. The van der Waals surface area contributed by atoms with E-state index in [-0.39, 0.29) is 17.1 Å². The molecular weight excluding hydrogens is 388 g/mol. The van der Waals surface area contributed by atoms with Gasteiger partial charge in [0.15, 0.2) is 0 Å². The van der Waals surface area contributed by atoms with Crippen LogP contribution in [0.25, 0.3) is 5.57 Å². The normalized spacial score (nSPS) is 13.9. The van der Waals surface area contributed by atoms with E-state index in [0.717, 1.165) is 25.7 Å². The predicted molar refractivity (Wildman–Crippen MR) is 129 cm³/mol. The van der Waals surface area contributed by atoms with Crippen LogP contribution >= 0.6 is 0 Å². The maximum absolute atomic E-state index is 11.6. The van der Waals surface area contributed by atoms with Crippen molar-refractivity contribution < 1.29 is 20.1 Å². The first-order valence-electron chi connectivity index (χ1n) is 11.0. The first kappa shape index (κ1) is 26.3. The Morgan fingerprint density at radius 2 is 1.42 bits per heavy atom. The molecule has 0 fully saturated rings. The zero-order chi connectivity index (χ0) is 23.6. The molecule has 4 heteroatoms. The van der Waals surface area contributed by atoms with Crippen molar-refractivity contribution in [1.29, 1.82) is 0 Å². The number of carbonyl (C=O) groups is 1. The van der Waals surface area contributed by atoms with Crippen LogP contribution in [0, 0.1) is 6.92 Å². The molecule has 0 aliphatic carbocycles. The first-order valence-corrected chi connectivity index (χ1v) is 11.0. The number of carboxylic acid groups (broad SMARTS) is 1. The summed E-state index contributed by atoms with van der Waals surface area (Å²) in [5.41, 5.74) is 5.62. The molecular formula is C27H38O4. The quantitative estimate of drug-likeness (QED) is 0.195. The topological polar surface area (TPSA) is 77.8 Å². The summed E-state index contributed by atoms with van der Waals surface area (Å²) >= 11 is 0. The van der Waals surface area contributed by atoms with E-state index < -0.39 is 5.97 Å². The number of aryl methyl sites for hydroxylation is 1. The van der Waals surface area contributed by atoms with Gasteiger partial charge in [-0.15, -0.1) is 0 Å². The molecule has 0 bridgehead atoms. The van der Waals surface area contributed by atoms with E-state index in [1.807, 2.05) is 0 Å². The van der Waals surface area contributed by atoms with Crippen molar-refractivity contribution in [3.63, 3.8) is 0 Å². The van der Waals surface area contributed by atoms with Gasteiger partial charge in [0.05, 0.1) is 0 Å². The number of allylic oxidation sites excluding steroid dienone is 7. The molecule has 1 rings (SSSR count). The fourth-order valence-corrected chi connectivity index (χ4v) is 3.41. The average molecular weight is 427 g/mol. The highest BCUT2D eigenvalue weighted by Crippen LogP contribution is 2.36. The van der Waals surface area contributed by atoms with Gasteiger partial charge in [0.2, 0.25) is 0 Å². The number of hydrogen-bond donors (Lipinski definition) is 3. The molecule has 0 aliphatic heterocycles. The molecule has 31 heavy (non-hydrogen) atoms. The Morgan fingerprint density at radius 3 is 1.97 bits per heavy atom. The summed E-state index contributed by atoms with van der Waals surface area (Å²) < 4.78 is 0. The van der Waals surface area contributed by atoms with Gasteiger partial charge in [-0.3, -0.25) is 0 Å². The number of carboxylic acids is 1. The minimum absolute atomic E-state index is 0.0140. The van der Waals surface area contributed by atoms with E-state index in [2.05, 4.69) is 45.9 Å². The molecule has 170 valence electrons. The summed E-state index contributed by atoms with van der Waals surface area (Å²) in [4.78, 5) is 11.6. The first-order chi connectivity index (χ1) is 14.6. The highest BCUT2D eigenvalue weighted by atomic mass is 16.4. The standard InChI is InChI=1S/C27H38O4/c1-7-18(2)10-8-11-19(3)12-9-13-20(4)14-15-24(22(6)27(30)31)25-17-23(28)16-21(5)26(25)29/h7,11,13,16-17,28-29H,8-10,12,14-15H2,1-6H3,(H,30,31). The van der Waals surface area contributed by atoms with E-state index in [1.54, 1.807) is 13.8 Å². The summed E-state index contributed by atoms with van der Waals surface area (Å²) in [5.74, 6) is -0.991. The number of rotatable bonds is 11. The van der Waals surface area contributed by atoms with E-state index in [4.69, 9.17) is 0 Å². The number of aliphatic carboxylic acids is 1. The summed E-state index contributed by atoms with van der Waals surface area (Å²) in [6, 6.07) is 2.90. The maximum Gasteiger partial charge on any atom is 0.331 e. The van der Waals surface area contributed by atoms with Crippen LogP contribution in [0.15, 0.2) is 52.7 Å². The zero-order valence-electron chi connectivity index (χ0n) is 19.9. The smallest absolute Gasteiger partial charge is 0.331 e. The van der Waals surface area contributed by atoms with Gasteiger partial charge in [0.1, 0.15) is 11.5 Å². The molecule has 4 nitrogen and oxygen atoms in total. The fourth-order valence-electron chi connectivity index (χ4n) is 3.41. The Kier molecular flexibility index (Phi) is 10.9. The second-order valence-corrected chi connectivity index (χ2v) is 8.38. The minimum atomic E-state index is -1.02. The zero-order valence-corrected chi connectivity index (χ0v) is 19.9. The molecule has 0 saturated carbocycles. The maximum atomic E-state index is 11.6. The third-order valence-electron chi connectivity index (χ3n) is 5.71. The molecule has 0 radical (unpaired) electrons. The van der Waals surface area contributed by atoms with Gasteiger partial charge >= 0.3 is 5.97 Å². The van der Waals surface area contributed by atoms with E-state index in [1.165, 1.54) is 28.9 Å². The predicted octanol–water partition coefficient (Wildman–Crippen LogP) is 7.46. The van der Waals surface area contributed by atoms with Crippen molar-refractivity contribution in [2.24, 2.45) is 0 Å². The molecule has 0 atom stereocenters. The Morgan fingerprint density at radius 1 is 0.871 bits per heavy atom. The fraction of sp³-hybridized carbons (Fsp3) is 0.444. The summed E-state index contributed by atoms with van der Waals surface area (Å²) in [7, 11) is 0. The van der Waals surface area contributed by atoms with Gasteiger partial charge in [0.25, 0.3) is 0 Å². The van der Waals surface area contributed by atoms with Gasteiger partial charge in [0, 0.05) is 11.1 Å². The highest BCUT2D eigenvalue weighted by molar-refractivity contribution is 5.96. The van der Waals surface area contributed by atoms with Crippen LogP contribution < -0.4 is 0 Å². The van der Waals surface area contributed by atoms with Gasteiger partial charge in [-0.25, -0.2) is 4.79 Å². The summed E-state index contributed by atoms with van der Waals surface area (Å²) in [6.45, 7) is 11.7. The van der Waals surface area contributed by atoms with Crippen molar-refractivity contribution in [3.05, 3.63) is 63.8 Å². The van der Waals surface area contributed by atoms with Gasteiger partial charge < -0.3 is 15.3 Å². The molecule has 3 N–H and O–H groups in total. The molecule has 0 amide bonds. The van der Waals surface area contributed by atoms with Crippen molar-refractivity contribution >= 4 is 11.5 Å². The van der Waals surface area contributed by atoms with Crippen LogP contribution in [0.3, 0.4) is 0 Å². The lowest BCUT2D eigenvalue weighted by atomic mass is 9.92. The molecule has 0 heterocycles. The van der Waals surface area contributed by atoms with Crippen molar-refractivity contribution in [2.75, 3.05) is 0 Å². The second-order valence-electron chi connectivity index (χ2n) is 8.38. The number of hydrogen-bond acceptors (Lipinski definition) is 3. The summed E-state index contributed by atoms with van der Waals surface area (Å²) in [6.07, 6.45) is 12.0. The van der Waals surface area contributed by atoms with Crippen LogP contribution in [-0.4, -0.2) is 21.3 Å². The Hall–Kier alpha value is -2.75. The lowest BCUT2D eigenvalue weighted by molar-refractivity contribution is -0.132. The van der Waals surface area contributed by atoms with Gasteiger partial charge in [-0.05, 0) is 103 Å². The molecule has 0 aliphatic rings. The molecule has 0 spiro atoms. The second kappa shape index (κ2) is 12.8. The third-order valence-corrected chi connectivity index (χ3v) is 5.71. The Balaban J connectivity index is 2.83. The van der Waals surface area contributed by atoms with Crippen molar-refractivity contribution in [2.45, 2.75) is 80.1 Å². The number of aromatic hydroxyl groups is 2. The molecule has 1 aromatic carbocycles. The lowest BCUT2D eigenvalue weighted by Crippen LogP contribution is -2.02. The van der Waals surface area contributed by atoms with Gasteiger partial charge in [-0.2, -0.15) is 0 Å². The van der Waals surface area contributed by atoms with Crippen LogP contribution in [0.1, 0.15) is 84.3 Å². The summed E-state index contributed by atoms with van der Waals surface area (Å²) in [5, 5.41) is 29.9. The lowest BCUT2D eigenvalue weighted by Gasteiger charge is -2.15. The van der Waals surface area contributed by atoms with Gasteiger partial charge in [-0.1, -0.05) is 34.9 Å².